The van der Waals surface area contributed by atoms with E-state index in [0.717, 1.165) is 74.1 Å². The number of hydrogen-bond acceptors (Lipinski definition) is 8. The SMILES string of the molecule is CN1CCN(c2ccc(-c3ccc(C[C@H](NC(=O)C4CCC(CN)CC4)C(=O)Nc4ccc(-c5nn[nH]n5)cc4)cc3)cc2)CC1.Cl. The molecule has 12 heteroatoms. The first kappa shape index (κ1) is 34.0. The number of nitrogens with two attached hydrogens (primary N) is 1. The van der Waals surface area contributed by atoms with Crippen molar-refractivity contribution in [3.05, 3.63) is 78.4 Å². The number of nitrogens with one attached hydrogen (secondary N) is 3. The second kappa shape index (κ2) is 16.0. The number of halogens is 1. The second-order valence-electron chi connectivity index (χ2n) is 12.6. The third-order valence-corrected chi connectivity index (χ3v) is 9.40. The van der Waals surface area contributed by atoms with Crippen LogP contribution in [0.25, 0.3) is 22.5 Å². The zero-order chi connectivity index (χ0) is 31.9. The highest BCUT2D eigenvalue weighted by Gasteiger charge is 2.29. The number of benzene rings is 3. The number of likely N-dealkylation sites (N-methyl/N-ethyl adjacent to an activating group) is 1. The number of hydrogen-bond donors (Lipinski definition) is 4. The molecule has 47 heavy (non-hydrogen) atoms. The Morgan fingerprint density at radius 3 is 2.09 bits per heavy atom. The molecule has 0 unspecified atom stereocenters. The lowest BCUT2D eigenvalue weighted by molar-refractivity contribution is -0.130. The lowest BCUT2D eigenvalue weighted by atomic mass is 9.81. The van der Waals surface area contributed by atoms with Crippen LogP contribution in [0.2, 0.25) is 0 Å². The summed E-state index contributed by atoms with van der Waals surface area (Å²) < 4.78 is 0. The summed E-state index contributed by atoms with van der Waals surface area (Å²) in [5.74, 6) is 0.505. The molecular formula is C35H44ClN9O2. The number of piperazine rings is 1. The van der Waals surface area contributed by atoms with E-state index in [0.29, 0.717) is 30.4 Å². The molecule has 11 nitrogen and oxygen atoms in total. The van der Waals surface area contributed by atoms with Gasteiger partial charge in [-0.15, -0.1) is 22.6 Å². The Balaban J connectivity index is 0.00000433. The molecule has 0 radical (unpaired) electrons. The third kappa shape index (κ3) is 8.73. The van der Waals surface area contributed by atoms with E-state index in [4.69, 9.17) is 5.73 Å². The topological polar surface area (TPSA) is 145 Å². The van der Waals surface area contributed by atoms with Crippen LogP contribution in [0.15, 0.2) is 72.8 Å². The van der Waals surface area contributed by atoms with Crippen molar-refractivity contribution >= 4 is 35.6 Å². The van der Waals surface area contributed by atoms with Crippen molar-refractivity contribution in [2.24, 2.45) is 17.6 Å². The minimum absolute atomic E-state index is 0. The van der Waals surface area contributed by atoms with Crippen molar-refractivity contribution in [1.82, 2.24) is 30.8 Å². The highest BCUT2D eigenvalue weighted by molar-refractivity contribution is 5.97. The predicted octanol–water partition coefficient (Wildman–Crippen LogP) is 4.14. The number of anilines is 2. The molecule has 1 aromatic heterocycles. The van der Waals surface area contributed by atoms with Gasteiger partial charge in [0.2, 0.25) is 17.6 Å². The molecule has 4 aromatic rings. The van der Waals surface area contributed by atoms with Gasteiger partial charge in [0, 0.05) is 55.5 Å². The van der Waals surface area contributed by atoms with E-state index in [1.807, 2.05) is 24.3 Å². The Morgan fingerprint density at radius 2 is 1.49 bits per heavy atom. The smallest absolute Gasteiger partial charge is 0.247 e. The number of aromatic nitrogens is 4. The highest BCUT2D eigenvalue weighted by Crippen LogP contribution is 2.29. The molecule has 6 rings (SSSR count). The summed E-state index contributed by atoms with van der Waals surface area (Å²) in [6, 6.07) is 23.5. The fraction of sp³-hybridized carbons (Fsp3) is 0.400. The van der Waals surface area contributed by atoms with Gasteiger partial charge >= 0.3 is 0 Å². The standard InChI is InChI=1S/C35H43N9O2.ClH/c1-43-18-20-44(21-19-43)31-16-12-27(13-17-31)26-6-2-24(3-7-26)22-32(38-34(45)29-8-4-25(23-36)5-9-29)35(46)37-30-14-10-28(11-15-30)33-39-41-42-40-33;/h2-3,6-7,10-17,25,29,32H,4-5,8-9,18-23,36H2,1H3,(H,37,46)(H,38,45)(H,39,40,41,42);1H/t25?,29?,32-;/m0./s1. The van der Waals surface area contributed by atoms with Gasteiger partial charge in [0.1, 0.15) is 6.04 Å². The van der Waals surface area contributed by atoms with Gasteiger partial charge < -0.3 is 26.2 Å². The molecule has 1 atom stereocenters. The van der Waals surface area contributed by atoms with Gasteiger partial charge in [-0.05, 0) is 103 Å². The van der Waals surface area contributed by atoms with Crippen molar-refractivity contribution < 1.29 is 9.59 Å². The van der Waals surface area contributed by atoms with Crippen molar-refractivity contribution in [2.75, 3.05) is 50.0 Å². The van der Waals surface area contributed by atoms with E-state index < -0.39 is 6.04 Å². The van der Waals surface area contributed by atoms with E-state index in [2.05, 4.69) is 84.5 Å². The van der Waals surface area contributed by atoms with Crippen LogP contribution in [0.5, 0.6) is 0 Å². The number of rotatable bonds is 10. The number of H-pyrrole nitrogens is 1. The van der Waals surface area contributed by atoms with E-state index in [1.165, 1.54) is 5.69 Å². The Bertz CT molecular complexity index is 1570. The lowest BCUT2D eigenvalue weighted by Gasteiger charge is -2.34. The molecule has 1 saturated heterocycles. The van der Waals surface area contributed by atoms with Crippen molar-refractivity contribution in [1.29, 1.82) is 0 Å². The molecule has 0 bridgehead atoms. The van der Waals surface area contributed by atoms with Gasteiger partial charge in [-0.3, -0.25) is 9.59 Å². The Morgan fingerprint density at radius 1 is 0.872 bits per heavy atom. The first-order valence-electron chi connectivity index (χ1n) is 16.2. The first-order valence-corrected chi connectivity index (χ1v) is 16.2. The second-order valence-corrected chi connectivity index (χ2v) is 12.6. The van der Waals surface area contributed by atoms with Gasteiger partial charge in [-0.2, -0.15) is 5.21 Å². The third-order valence-electron chi connectivity index (χ3n) is 9.40. The lowest BCUT2D eigenvalue weighted by Crippen LogP contribution is -2.48. The molecule has 2 aliphatic rings. The van der Waals surface area contributed by atoms with Gasteiger partial charge in [-0.25, -0.2) is 0 Å². The Kier molecular flexibility index (Phi) is 11.6. The fourth-order valence-corrected chi connectivity index (χ4v) is 6.37. The summed E-state index contributed by atoms with van der Waals surface area (Å²) in [5, 5.41) is 20.1. The van der Waals surface area contributed by atoms with E-state index in [1.54, 1.807) is 12.1 Å². The van der Waals surface area contributed by atoms with E-state index >= 15 is 0 Å². The number of amides is 2. The van der Waals surface area contributed by atoms with E-state index in [-0.39, 0.29) is 30.1 Å². The van der Waals surface area contributed by atoms with Gasteiger partial charge in [0.05, 0.1) is 0 Å². The average molecular weight is 658 g/mol. The van der Waals surface area contributed by atoms with Crippen molar-refractivity contribution in [2.45, 2.75) is 38.1 Å². The fourth-order valence-electron chi connectivity index (χ4n) is 6.37. The molecule has 5 N–H and O–H groups in total. The molecule has 2 fully saturated rings. The maximum absolute atomic E-state index is 13.6. The summed E-state index contributed by atoms with van der Waals surface area (Å²) >= 11 is 0. The van der Waals surface area contributed by atoms with Crippen LogP contribution >= 0.6 is 12.4 Å². The summed E-state index contributed by atoms with van der Waals surface area (Å²) in [7, 11) is 2.17. The Hall–Kier alpha value is -4.32. The maximum Gasteiger partial charge on any atom is 0.247 e. The molecule has 2 heterocycles. The highest BCUT2D eigenvalue weighted by atomic mass is 35.5. The van der Waals surface area contributed by atoms with Crippen LogP contribution < -0.4 is 21.3 Å². The first-order chi connectivity index (χ1) is 22.4. The summed E-state index contributed by atoms with van der Waals surface area (Å²) in [6.07, 6.45) is 3.84. The van der Waals surface area contributed by atoms with Crippen LogP contribution in [0.3, 0.4) is 0 Å². The van der Waals surface area contributed by atoms with Gasteiger partial charge in [-0.1, -0.05) is 36.4 Å². The van der Waals surface area contributed by atoms with Gasteiger partial charge in [0.25, 0.3) is 0 Å². The Labute approximate surface area is 282 Å². The van der Waals surface area contributed by atoms with E-state index in [9.17, 15) is 9.59 Å². The monoisotopic (exact) mass is 657 g/mol. The average Bonchev–Trinajstić information content (AvgIpc) is 3.64. The van der Waals surface area contributed by atoms with Crippen molar-refractivity contribution in [3.63, 3.8) is 0 Å². The molecule has 1 aliphatic carbocycles. The quantitative estimate of drug-likeness (QED) is 0.199. The minimum atomic E-state index is -0.731. The molecule has 0 spiro atoms. The van der Waals surface area contributed by atoms with Crippen LogP contribution in [-0.2, 0) is 16.0 Å². The number of aromatic amines is 1. The maximum atomic E-state index is 13.6. The molecule has 1 saturated carbocycles. The molecule has 2 amide bonds. The molecule has 1 aliphatic heterocycles. The number of nitrogens with zero attached hydrogens (tertiary/aromatic N) is 5. The molecular weight excluding hydrogens is 614 g/mol. The zero-order valence-electron chi connectivity index (χ0n) is 26.8. The molecule has 3 aromatic carbocycles. The number of carbonyl (C=O) groups is 2. The van der Waals surface area contributed by atoms with Crippen LogP contribution in [0, 0.1) is 11.8 Å². The van der Waals surface area contributed by atoms with Crippen LogP contribution in [-0.4, -0.2) is 83.2 Å². The minimum Gasteiger partial charge on any atom is -0.369 e. The van der Waals surface area contributed by atoms with Crippen molar-refractivity contribution in [3.8, 4) is 22.5 Å². The van der Waals surface area contributed by atoms with Gasteiger partial charge in [0.15, 0.2) is 0 Å². The number of tetrazole rings is 1. The predicted molar refractivity (Wildman–Crippen MR) is 187 cm³/mol. The summed E-state index contributed by atoms with van der Waals surface area (Å²) in [6.45, 7) is 4.88. The zero-order valence-corrected chi connectivity index (χ0v) is 27.6. The largest absolute Gasteiger partial charge is 0.369 e. The molecule has 248 valence electrons. The normalized spacial score (nSPS) is 19.0. The summed E-state index contributed by atoms with van der Waals surface area (Å²) in [4.78, 5) is 31.8. The number of carbonyl (C=O) groups excluding carboxylic acids is 2. The summed E-state index contributed by atoms with van der Waals surface area (Å²) in [5.41, 5.74) is 11.7. The van der Waals surface area contributed by atoms with Crippen LogP contribution in [0.1, 0.15) is 31.2 Å². The van der Waals surface area contributed by atoms with Crippen LogP contribution in [0.4, 0.5) is 11.4 Å².